The molecule has 226 valence electrons. The smallest absolute Gasteiger partial charge is 0.343 e. The summed E-state index contributed by atoms with van der Waals surface area (Å²) in [7, 11) is 0. The molecule has 1 fully saturated rings. The SMILES string of the molecule is C=CC(=O)OC(CCC)Oc1ccc(OC(=O)c2ccc(OC(CCCCCCCC)C3CC(=C)C(=O)O3)cc2)cc1. The molecule has 3 unspecified atom stereocenters. The Labute approximate surface area is 248 Å². The van der Waals surface area contributed by atoms with Crippen molar-refractivity contribution in [3.05, 3.63) is 78.9 Å². The van der Waals surface area contributed by atoms with E-state index in [1.807, 2.05) is 6.92 Å². The molecular formula is C34H42O8. The third-order valence-corrected chi connectivity index (χ3v) is 6.87. The van der Waals surface area contributed by atoms with Crippen molar-refractivity contribution in [1.82, 2.24) is 0 Å². The van der Waals surface area contributed by atoms with Crippen LogP contribution in [0.4, 0.5) is 0 Å². The average Bonchev–Trinajstić information content (AvgIpc) is 3.33. The minimum atomic E-state index is -0.737. The van der Waals surface area contributed by atoms with Crippen LogP contribution in [0.5, 0.6) is 17.2 Å². The van der Waals surface area contributed by atoms with Crippen molar-refractivity contribution in [2.45, 2.75) is 96.6 Å². The zero-order chi connectivity index (χ0) is 30.3. The highest BCUT2D eigenvalue weighted by Gasteiger charge is 2.35. The van der Waals surface area contributed by atoms with Crippen molar-refractivity contribution in [3.63, 3.8) is 0 Å². The molecule has 0 aliphatic carbocycles. The average molecular weight is 579 g/mol. The van der Waals surface area contributed by atoms with Gasteiger partial charge in [0.2, 0.25) is 6.29 Å². The minimum Gasteiger partial charge on any atom is -0.487 e. The Balaban J connectivity index is 1.56. The number of unbranched alkanes of at least 4 members (excludes halogenated alkanes) is 5. The molecule has 0 radical (unpaired) electrons. The van der Waals surface area contributed by atoms with Crippen LogP contribution >= 0.6 is 0 Å². The summed E-state index contributed by atoms with van der Waals surface area (Å²) in [6.07, 6.45) is 9.09. The standard InChI is InChI=1S/C34H42O8/c1-5-8-9-10-11-12-14-29(30-23-24(4)33(36)41-30)38-26-17-15-25(16-18-26)34(37)40-28-21-19-27(20-22-28)39-32(13-6-2)42-31(35)7-3/h7,15-22,29-30,32H,3-6,8-14,23H2,1-2H3. The quantitative estimate of drug-likeness (QED) is 0.0589. The van der Waals surface area contributed by atoms with Crippen molar-refractivity contribution < 1.29 is 38.1 Å². The van der Waals surface area contributed by atoms with Gasteiger partial charge >= 0.3 is 17.9 Å². The van der Waals surface area contributed by atoms with Gasteiger partial charge in [0.05, 0.1) is 5.56 Å². The van der Waals surface area contributed by atoms with E-state index in [9.17, 15) is 14.4 Å². The molecule has 0 saturated carbocycles. The van der Waals surface area contributed by atoms with Crippen LogP contribution < -0.4 is 14.2 Å². The molecular weight excluding hydrogens is 536 g/mol. The van der Waals surface area contributed by atoms with Crippen molar-refractivity contribution in [2.24, 2.45) is 0 Å². The molecule has 1 aliphatic heterocycles. The fraction of sp³-hybridized carbons (Fsp3) is 0.441. The fourth-order valence-corrected chi connectivity index (χ4v) is 4.55. The van der Waals surface area contributed by atoms with E-state index in [2.05, 4.69) is 20.1 Å². The van der Waals surface area contributed by atoms with Crippen molar-refractivity contribution in [2.75, 3.05) is 0 Å². The van der Waals surface area contributed by atoms with Crippen molar-refractivity contribution in [1.29, 1.82) is 0 Å². The van der Waals surface area contributed by atoms with Crippen LogP contribution in [0.2, 0.25) is 0 Å². The Hall–Kier alpha value is -4.07. The van der Waals surface area contributed by atoms with Gasteiger partial charge in [0.25, 0.3) is 0 Å². The Morgan fingerprint density at radius 3 is 2.12 bits per heavy atom. The number of ether oxygens (including phenoxy) is 5. The molecule has 0 bridgehead atoms. The lowest BCUT2D eigenvalue weighted by Gasteiger charge is -2.24. The summed E-state index contributed by atoms with van der Waals surface area (Å²) < 4.78 is 28.2. The topological polar surface area (TPSA) is 97.4 Å². The van der Waals surface area contributed by atoms with Crippen molar-refractivity contribution >= 4 is 17.9 Å². The lowest BCUT2D eigenvalue weighted by Crippen LogP contribution is -2.31. The van der Waals surface area contributed by atoms with E-state index in [1.54, 1.807) is 48.5 Å². The first-order valence-corrected chi connectivity index (χ1v) is 14.8. The van der Waals surface area contributed by atoms with E-state index >= 15 is 0 Å². The lowest BCUT2D eigenvalue weighted by atomic mass is 10.0. The molecule has 1 saturated heterocycles. The molecule has 3 atom stereocenters. The number of carbonyl (C=O) groups is 3. The predicted molar refractivity (Wildman–Crippen MR) is 160 cm³/mol. The van der Waals surface area contributed by atoms with Gasteiger partial charge in [-0.3, -0.25) is 0 Å². The number of benzene rings is 2. The third kappa shape index (κ3) is 10.4. The summed E-state index contributed by atoms with van der Waals surface area (Å²) in [6.45, 7) is 11.3. The molecule has 1 heterocycles. The summed E-state index contributed by atoms with van der Waals surface area (Å²) in [6, 6.07) is 13.2. The molecule has 8 heteroatoms. The number of carbonyl (C=O) groups excluding carboxylic acids is 3. The monoisotopic (exact) mass is 578 g/mol. The van der Waals surface area contributed by atoms with E-state index in [1.165, 1.54) is 25.7 Å². The normalized spacial score (nSPS) is 15.8. The van der Waals surface area contributed by atoms with Gasteiger partial charge in [-0.1, -0.05) is 59.1 Å². The Bertz CT molecular complexity index is 1170. The lowest BCUT2D eigenvalue weighted by molar-refractivity contribution is -0.158. The van der Waals surface area contributed by atoms with E-state index in [0.29, 0.717) is 41.2 Å². The number of hydrogen-bond donors (Lipinski definition) is 0. The number of hydrogen-bond acceptors (Lipinski definition) is 8. The molecule has 2 aromatic carbocycles. The van der Waals surface area contributed by atoms with E-state index in [0.717, 1.165) is 31.8 Å². The molecule has 42 heavy (non-hydrogen) atoms. The summed E-state index contributed by atoms with van der Waals surface area (Å²) in [5, 5.41) is 0. The van der Waals surface area contributed by atoms with Gasteiger partial charge in [0.15, 0.2) is 0 Å². The first-order valence-electron chi connectivity index (χ1n) is 14.8. The van der Waals surface area contributed by atoms with Crippen LogP contribution in [0.3, 0.4) is 0 Å². The molecule has 2 aromatic rings. The fourth-order valence-electron chi connectivity index (χ4n) is 4.55. The molecule has 3 rings (SSSR count). The van der Waals surface area contributed by atoms with Crippen LogP contribution in [0.25, 0.3) is 0 Å². The maximum absolute atomic E-state index is 12.8. The zero-order valence-electron chi connectivity index (χ0n) is 24.7. The van der Waals surface area contributed by atoms with E-state index in [-0.39, 0.29) is 18.2 Å². The van der Waals surface area contributed by atoms with E-state index in [4.69, 9.17) is 23.7 Å². The first kappa shape index (κ1) is 32.4. The molecule has 0 N–H and O–H groups in total. The Kier molecular flexibility index (Phi) is 13.1. The third-order valence-electron chi connectivity index (χ3n) is 6.87. The van der Waals surface area contributed by atoms with Crippen LogP contribution in [0.1, 0.15) is 88.4 Å². The number of cyclic esters (lactones) is 1. The molecule has 0 amide bonds. The van der Waals surface area contributed by atoms with Crippen LogP contribution in [0, 0.1) is 0 Å². The number of esters is 3. The molecule has 0 aromatic heterocycles. The van der Waals surface area contributed by atoms with Crippen LogP contribution in [-0.4, -0.2) is 36.4 Å². The Morgan fingerprint density at radius 1 is 0.881 bits per heavy atom. The van der Waals surface area contributed by atoms with Gasteiger partial charge in [0, 0.05) is 24.5 Å². The van der Waals surface area contributed by atoms with Crippen molar-refractivity contribution in [3.8, 4) is 17.2 Å². The predicted octanol–water partition coefficient (Wildman–Crippen LogP) is 7.51. The largest absolute Gasteiger partial charge is 0.487 e. The highest BCUT2D eigenvalue weighted by Crippen LogP contribution is 2.28. The number of rotatable bonds is 18. The molecule has 8 nitrogen and oxygen atoms in total. The zero-order valence-corrected chi connectivity index (χ0v) is 24.7. The second-order valence-electron chi connectivity index (χ2n) is 10.3. The Morgan fingerprint density at radius 2 is 1.50 bits per heavy atom. The second-order valence-corrected chi connectivity index (χ2v) is 10.3. The van der Waals surface area contributed by atoms with Crippen LogP contribution in [-0.2, 0) is 19.1 Å². The van der Waals surface area contributed by atoms with Gasteiger partial charge in [-0.05, 0) is 67.8 Å². The summed E-state index contributed by atoms with van der Waals surface area (Å²) in [4.78, 5) is 36.2. The summed E-state index contributed by atoms with van der Waals surface area (Å²) >= 11 is 0. The van der Waals surface area contributed by atoms with E-state index < -0.39 is 18.2 Å². The minimum absolute atomic E-state index is 0.296. The maximum atomic E-state index is 12.8. The highest BCUT2D eigenvalue weighted by molar-refractivity contribution is 5.91. The van der Waals surface area contributed by atoms with Gasteiger partial charge in [-0.25, -0.2) is 14.4 Å². The molecule has 0 spiro atoms. The maximum Gasteiger partial charge on any atom is 0.343 e. The van der Waals surface area contributed by atoms with Gasteiger partial charge in [0.1, 0.15) is 29.5 Å². The van der Waals surface area contributed by atoms with Gasteiger partial charge in [-0.15, -0.1) is 0 Å². The van der Waals surface area contributed by atoms with Gasteiger partial charge < -0.3 is 23.7 Å². The summed E-state index contributed by atoms with van der Waals surface area (Å²) in [5.41, 5.74) is 0.821. The summed E-state index contributed by atoms with van der Waals surface area (Å²) in [5.74, 6) is -0.0634. The highest BCUT2D eigenvalue weighted by atomic mass is 16.7. The molecule has 1 aliphatic rings. The van der Waals surface area contributed by atoms with Crippen LogP contribution in [0.15, 0.2) is 73.3 Å². The first-order chi connectivity index (χ1) is 20.3. The van der Waals surface area contributed by atoms with Gasteiger partial charge in [-0.2, -0.15) is 0 Å². The second kappa shape index (κ2) is 17.0.